The zero-order valence-corrected chi connectivity index (χ0v) is 18.5. The predicted octanol–water partition coefficient (Wildman–Crippen LogP) is 3.40. The van der Waals surface area contributed by atoms with E-state index in [2.05, 4.69) is 28.9 Å². The van der Waals surface area contributed by atoms with E-state index in [1.165, 1.54) is 62.0 Å². The van der Waals surface area contributed by atoms with E-state index in [1.54, 1.807) is 7.11 Å². The number of hydrogen-bond donors (Lipinski definition) is 1. The summed E-state index contributed by atoms with van der Waals surface area (Å²) < 4.78 is 12.2. The molecule has 1 aromatic carbocycles. The van der Waals surface area contributed by atoms with Crippen molar-refractivity contribution in [1.29, 1.82) is 0 Å². The summed E-state index contributed by atoms with van der Waals surface area (Å²) >= 11 is 0. The summed E-state index contributed by atoms with van der Waals surface area (Å²) in [4.78, 5) is 5.28. The molecule has 4 aliphatic rings. The fraction of sp³-hybridized carbons (Fsp3) is 0.680. The molecule has 0 aromatic heterocycles. The molecule has 1 aliphatic carbocycles. The molecule has 1 spiro atoms. The Bertz CT molecular complexity index is 817. The van der Waals surface area contributed by atoms with Crippen molar-refractivity contribution in [3.05, 3.63) is 34.9 Å². The first-order chi connectivity index (χ1) is 14.6. The van der Waals surface area contributed by atoms with Crippen molar-refractivity contribution < 1.29 is 14.6 Å². The van der Waals surface area contributed by atoms with E-state index in [0.717, 1.165) is 37.6 Å². The van der Waals surface area contributed by atoms with E-state index >= 15 is 0 Å². The van der Waals surface area contributed by atoms with Gasteiger partial charge in [0.1, 0.15) is 6.10 Å². The van der Waals surface area contributed by atoms with Gasteiger partial charge in [0, 0.05) is 18.5 Å². The molecule has 30 heavy (non-hydrogen) atoms. The summed E-state index contributed by atoms with van der Waals surface area (Å²) in [5, 5.41) is 10.3. The maximum atomic E-state index is 10.3. The fourth-order valence-corrected chi connectivity index (χ4v) is 6.12. The maximum absolute atomic E-state index is 10.3. The Morgan fingerprint density at radius 2 is 1.97 bits per heavy atom. The molecule has 1 aromatic rings. The molecular formula is C25H36N2O3. The molecule has 1 saturated heterocycles. The van der Waals surface area contributed by atoms with Gasteiger partial charge in [0.25, 0.3) is 0 Å². The number of aryl methyl sites for hydroxylation is 1. The summed E-state index contributed by atoms with van der Waals surface area (Å²) in [6.45, 7) is 9.17. The Morgan fingerprint density at radius 3 is 2.77 bits per heavy atom. The monoisotopic (exact) mass is 412 g/mol. The second-order valence-corrected chi connectivity index (χ2v) is 9.67. The third-order valence-electron chi connectivity index (χ3n) is 7.79. The Labute approximate surface area is 180 Å². The van der Waals surface area contributed by atoms with Gasteiger partial charge in [-0.15, -0.1) is 0 Å². The Hall–Kier alpha value is -1.56. The normalized spacial score (nSPS) is 31.0. The van der Waals surface area contributed by atoms with Gasteiger partial charge in [-0.3, -0.25) is 4.90 Å². The van der Waals surface area contributed by atoms with E-state index in [-0.39, 0.29) is 11.5 Å². The number of aliphatic hydroxyl groups excluding tert-OH is 1. The van der Waals surface area contributed by atoms with Gasteiger partial charge in [-0.1, -0.05) is 18.6 Å². The van der Waals surface area contributed by atoms with Crippen molar-refractivity contribution in [2.24, 2.45) is 0 Å². The van der Waals surface area contributed by atoms with Crippen LogP contribution in [0.2, 0.25) is 0 Å². The molecule has 3 atom stereocenters. The van der Waals surface area contributed by atoms with Gasteiger partial charge in [-0.05, 0) is 82.5 Å². The molecule has 164 valence electrons. The zero-order chi connectivity index (χ0) is 20.7. The lowest BCUT2D eigenvalue weighted by Crippen LogP contribution is -2.43. The summed E-state index contributed by atoms with van der Waals surface area (Å²) in [6.07, 6.45) is 10.9. The number of piperidine rings is 1. The molecule has 3 aliphatic heterocycles. The van der Waals surface area contributed by atoms with Crippen LogP contribution in [0, 0.1) is 6.92 Å². The van der Waals surface area contributed by atoms with Crippen LogP contribution in [0.5, 0.6) is 11.5 Å². The van der Waals surface area contributed by atoms with Crippen LogP contribution in [0.4, 0.5) is 0 Å². The highest BCUT2D eigenvalue weighted by atomic mass is 16.5. The summed E-state index contributed by atoms with van der Waals surface area (Å²) in [5.41, 5.74) is 3.89. The number of likely N-dealkylation sites (tertiary alicyclic amines) is 1. The Kier molecular flexibility index (Phi) is 5.55. The molecule has 5 nitrogen and oxygen atoms in total. The first-order valence-corrected chi connectivity index (χ1v) is 11.8. The van der Waals surface area contributed by atoms with Crippen LogP contribution in [0.1, 0.15) is 55.2 Å². The standard InChI is InChI=1S/C25H36N2O3/c1-18-15-21(29-2)24-23-20(18)17-27(13-6-12-26-10-4-3-5-11-26)14-9-25(23)8-7-19(28)16-22(25)30-24/h7-8,15,19,22,28H,3-6,9-14,16-17H2,1-2H3/t19-,22-,25?/m1/s1. The van der Waals surface area contributed by atoms with Gasteiger partial charge in [-0.25, -0.2) is 0 Å². The molecule has 0 radical (unpaired) electrons. The van der Waals surface area contributed by atoms with E-state index in [0.29, 0.717) is 6.42 Å². The molecule has 1 fully saturated rings. The molecule has 3 heterocycles. The molecule has 0 saturated carbocycles. The Morgan fingerprint density at radius 1 is 1.17 bits per heavy atom. The van der Waals surface area contributed by atoms with Crippen LogP contribution in [0.25, 0.3) is 0 Å². The number of nitrogens with zero attached hydrogens (tertiary/aromatic N) is 2. The molecular weight excluding hydrogens is 376 g/mol. The van der Waals surface area contributed by atoms with Crippen LogP contribution in [0.3, 0.4) is 0 Å². The predicted molar refractivity (Wildman–Crippen MR) is 118 cm³/mol. The smallest absolute Gasteiger partial charge is 0.166 e. The molecule has 1 N–H and O–H groups in total. The van der Waals surface area contributed by atoms with E-state index < -0.39 is 6.10 Å². The van der Waals surface area contributed by atoms with Crippen LogP contribution >= 0.6 is 0 Å². The number of ether oxygens (including phenoxy) is 2. The molecule has 5 rings (SSSR count). The quantitative estimate of drug-likeness (QED) is 0.751. The van der Waals surface area contributed by atoms with Crippen LogP contribution in [-0.4, -0.2) is 66.9 Å². The van der Waals surface area contributed by atoms with E-state index in [9.17, 15) is 5.11 Å². The van der Waals surface area contributed by atoms with Crippen molar-refractivity contribution in [1.82, 2.24) is 9.80 Å². The van der Waals surface area contributed by atoms with Gasteiger partial charge in [0.15, 0.2) is 11.5 Å². The number of methoxy groups -OCH3 is 1. The number of benzene rings is 1. The average Bonchev–Trinajstić information content (AvgIpc) is 2.98. The average molecular weight is 413 g/mol. The zero-order valence-electron chi connectivity index (χ0n) is 18.5. The van der Waals surface area contributed by atoms with E-state index in [4.69, 9.17) is 9.47 Å². The molecule has 0 amide bonds. The molecule has 1 unspecified atom stereocenters. The highest BCUT2D eigenvalue weighted by Crippen LogP contribution is 2.56. The van der Waals surface area contributed by atoms with Crippen LogP contribution in [-0.2, 0) is 12.0 Å². The van der Waals surface area contributed by atoms with Crippen molar-refractivity contribution in [2.45, 2.75) is 69.6 Å². The molecule has 0 bridgehead atoms. The largest absolute Gasteiger partial charge is 0.493 e. The SMILES string of the molecule is COc1cc(C)c2c3c1O[C@@H]1C[C@H](O)C=CC31CCN(CCCN1CCCCC1)C2. The third kappa shape index (κ3) is 3.45. The van der Waals surface area contributed by atoms with Crippen molar-refractivity contribution >= 4 is 0 Å². The van der Waals surface area contributed by atoms with E-state index in [1.807, 2.05) is 6.08 Å². The minimum absolute atomic E-state index is 0.00440. The topological polar surface area (TPSA) is 45.2 Å². The van der Waals surface area contributed by atoms with Crippen molar-refractivity contribution in [2.75, 3.05) is 39.8 Å². The number of rotatable bonds is 5. The van der Waals surface area contributed by atoms with Gasteiger partial charge in [0.05, 0.1) is 18.6 Å². The van der Waals surface area contributed by atoms with Crippen LogP contribution < -0.4 is 9.47 Å². The van der Waals surface area contributed by atoms with Gasteiger partial charge < -0.3 is 19.5 Å². The second kappa shape index (κ2) is 8.18. The lowest BCUT2D eigenvalue weighted by molar-refractivity contribution is 0.0807. The summed E-state index contributed by atoms with van der Waals surface area (Å²) in [6, 6.07) is 2.14. The molecule has 5 heteroatoms. The van der Waals surface area contributed by atoms with Gasteiger partial charge in [-0.2, -0.15) is 0 Å². The van der Waals surface area contributed by atoms with Gasteiger partial charge >= 0.3 is 0 Å². The minimum atomic E-state index is -0.422. The number of hydrogen-bond acceptors (Lipinski definition) is 5. The summed E-state index contributed by atoms with van der Waals surface area (Å²) in [7, 11) is 1.73. The van der Waals surface area contributed by atoms with Crippen molar-refractivity contribution in [3.8, 4) is 11.5 Å². The maximum Gasteiger partial charge on any atom is 0.166 e. The third-order valence-corrected chi connectivity index (χ3v) is 7.79. The first-order valence-electron chi connectivity index (χ1n) is 11.8. The van der Waals surface area contributed by atoms with Crippen molar-refractivity contribution in [3.63, 3.8) is 0 Å². The lowest BCUT2D eigenvalue weighted by Gasteiger charge is -2.36. The minimum Gasteiger partial charge on any atom is -0.493 e. The highest BCUT2D eigenvalue weighted by Gasteiger charge is 2.53. The second-order valence-electron chi connectivity index (χ2n) is 9.67. The lowest BCUT2D eigenvalue weighted by atomic mass is 9.68. The fourth-order valence-electron chi connectivity index (χ4n) is 6.12. The first kappa shape index (κ1) is 20.3. The highest BCUT2D eigenvalue weighted by molar-refractivity contribution is 5.63. The van der Waals surface area contributed by atoms with Crippen LogP contribution in [0.15, 0.2) is 18.2 Å². The van der Waals surface area contributed by atoms with Gasteiger partial charge in [0.2, 0.25) is 0 Å². The summed E-state index contributed by atoms with van der Waals surface area (Å²) in [5.74, 6) is 1.75. The number of aliphatic hydroxyl groups is 1. The Balaban J connectivity index is 1.41.